The summed E-state index contributed by atoms with van der Waals surface area (Å²) in [6.45, 7) is 1.48. The molecule has 0 saturated heterocycles. The Bertz CT molecular complexity index is 1160. The molecule has 2 aromatic carbocycles. The zero-order valence-corrected chi connectivity index (χ0v) is 18.2. The molecule has 0 bridgehead atoms. The summed E-state index contributed by atoms with van der Waals surface area (Å²) in [6.07, 6.45) is -0.342. The Balaban J connectivity index is 1.93. The molecule has 1 atom stereocenters. The van der Waals surface area contributed by atoms with Gasteiger partial charge in [0.25, 0.3) is 5.91 Å². The first-order valence-corrected chi connectivity index (χ1v) is 10.1. The minimum atomic E-state index is -1.08. The number of carbonyl (C=O) groups excluding carboxylic acids is 2. The van der Waals surface area contributed by atoms with Crippen LogP contribution in [-0.4, -0.2) is 34.9 Å². The molecule has 1 amide bonds. The second-order valence-corrected chi connectivity index (χ2v) is 7.43. The summed E-state index contributed by atoms with van der Waals surface area (Å²) < 4.78 is 5.37. The molecule has 2 N–H and O–H groups in total. The van der Waals surface area contributed by atoms with Gasteiger partial charge in [0.05, 0.1) is 19.6 Å². The standard InChI is InChI=1S/C24H21ClN2O5/c1-14(28)15-7-9-16(10-8-15)23-21(32-2)12-11-19(26-23)24(31)27-20(13-22(29)30)17-5-3-4-6-18(17)25/h3-12,20H,13H2,1-2H3,(H,27,31)(H,29,30)/t20-/m0/s1. The van der Waals surface area contributed by atoms with Crippen molar-refractivity contribution in [3.8, 4) is 17.0 Å². The highest BCUT2D eigenvalue weighted by atomic mass is 35.5. The number of methoxy groups -OCH3 is 1. The van der Waals surface area contributed by atoms with Gasteiger partial charge in [-0.05, 0) is 30.7 Å². The molecule has 0 saturated carbocycles. The molecule has 7 nitrogen and oxygen atoms in total. The molecule has 1 aromatic heterocycles. The van der Waals surface area contributed by atoms with Crippen molar-refractivity contribution in [1.29, 1.82) is 0 Å². The number of ether oxygens (including phenoxy) is 1. The van der Waals surface area contributed by atoms with Gasteiger partial charge in [-0.1, -0.05) is 54.1 Å². The molecule has 3 aromatic rings. The molecule has 32 heavy (non-hydrogen) atoms. The number of Topliss-reactive ketones (excluding diaryl/α,β-unsaturated/α-hetero) is 1. The van der Waals surface area contributed by atoms with Crippen LogP contribution in [0.4, 0.5) is 0 Å². The highest BCUT2D eigenvalue weighted by Gasteiger charge is 2.22. The second-order valence-electron chi connectivity index (χ2n) is 7.03. The minimum Gasteiger partial charge on any atom is -0.494 e. The summed E-state index contributed by atoms with van der Waals surface area (Å²) in [6, 6.07) is 15.8. The molecule has 8 heteroatoms. The molecule has 3 rings (SSSR count). The van der Waals surface area contributed by atoms with Gasteiger partial charge in [-0.2, -0.15) is 0 Å². The first kappa shape index (κ1) is 23.0. The van der Waals surface area contributed by atoms with E-state index in [0.717, 1.165) is 0 Å². The van der Waals surface area contributed by atoms with E-state index in [9.17, 15) is 19.5 Å². The molecule has 1 heterocycles. The zero-order chi connectivity index (χ0) is 23.3. The van der Waals surface area contributed by atoms with Crippen molar-refractivity contribution in [1.82, 2.24) is 10.3 Å². The molecule has 0 radical (unpaired) electrons. The van der Waals surface area contributed by atoms with E-state index < -0.39 is 17.9 Å². The first-order chi connectivity index (χ1) is 15.3. The largest absolute Gasteiger partial charge is 0.494 e. The summed E-state index contributed by atoms with van der Waals surface area (Å²) in [4.78, 5) is 40.3. The minimum absolute atomic E-state index is 0.0614. The Kier molecular flexibility index (Phi) is 7.22. The summed E-state index contributed by atoms with van der Waals surface area (Å²) in [5.41, 5.74) is 2.22. The molecule has 0 aliphatic carbocycles. The van der Waals surface area contributed by atoms with Crippen molar-refractivity contribution < 1.29 is 24.2 Å². The number of benzene rings is 2. The SMILES string of the molecule is COc1ccc(C(=O)N[C@@H](CC(=O)O)c2ccccc2Cl)nc1-c1ccc(C(C)=O)cc1. The van der Waals surface area contributed by atoms with Gasteiger partial charge in [0.2, 0.25) is 0 Å². The lowest BCUT2D eigenvalue weighted by atomic mass is 10.0. The van der Waals surface area contributed by atoms with E-state index >= 15 is 0 Å². The van der Waals surface area contributed by atoms with Crippen molar-refractivity contribution in [2.24, 2.45) is 0 Å². The van der Waals surface area contributed by atoms with Crippen LogP contribution in [-0.2, 0) is 4.79 Å². The van der Waals surface area contributed by atoms with Crippen LogP contribution >= 0.6 is 11.6 Å². The lowest BCUT2D eigenvalue weighted by Crippen LogP contribution is -2.31. The third kappa shape index (κ3) is 5.31. The normalized spacial score (nSPS) is 11.5. The average Bonchev–Trinajstić information content (AvgIpc) is 2.78. The molecule has 0 fully saturated rings. The quantitative estimate of drug-likeness (QED) is 0.485. The summed E-state index contributed by atoms with van der Waals surface area (Å²) in [5.74, 6) is -1.25. The Morgan fingerprint density at radius 1 is 1.06 bits per heavy atom. The topological polar surface area (TPSA) is 106 Å². The fourth-order valence-electron chi connectivity index (χ4n) is 3.21. The molecule has 164 valence electrons. The van der Waals surface area contributed by atoms with Gasteiger partial charge in [0.15, 0.2) is 5.78 Å². The smallest absolute Gasteiger partial charge is 0.305 e. The number of nitrogens with zero attached hydrogens (tertiary/aromatic N) is 1. The Hall–Kier alpha value is -3.71. The van der Waals surface area contributed by atoms with Crippen molar-refractivity contribution in [2.45, 2.75) is 19.4 Å². The maximum Gasteiger partial charge on any atom is 0.305 e. The van der Waals surface area contributed by atoms with Crippen LogP contribution in [0.2, 0.25) is 5.02 Å². The zero-order valence-electron chi connectivity index (χ0n) is 17.5. The van der Waals surface area contributed by atoms with E-state index in [4.69, 9.17) is 16.3 Å². The third-order valence-electron chi connectivity index (χ3n) is 4.84. The van der Waals surface area contributed by atoms with Crippen LogP contribution in [0.15, 0.2) is 60.7 Å². The molecular formula is C24H21ClN2O5. The number of carbonyl (C=O) groups is 3. The monoisotopic (exact) mass is 452 g/mol. The number of pyridine rings is 1. The van der Waals surface area contributed by atoms with Crippen LogP contribution < -0.4 is 10.1 Å². The fourth-order valence-corrected chi connectivity index (χ4v) is 3.48. The number of ketones is 1. The lowest BCUT2D eigenvalue weighted by Gasteiger charge is -2.19. The van der Waals surface area contributed by atoms with Crippen LogP contribution in [0.3, 0.4) is 0 Å². The van der Waals surface area contributed by atoms with Crippen molar-refractivity contribution in [2.75, 3.05) is 7.11 Å². The van der Waals surface area contributed by atoms with Gasteiger partial charge >= 0.3 is 5.97 Å². The number of halogens is 1. The molecular weight excluding hydrogens is 432 g/mol. The highest BCUT2D eigenvalue weighted by molar-refractivity contribution is 6.31. The van der Waals surface area contributed by atoms with E-state index in [-0.39, 0.29) is 17.9 Å². The summed E-state index contributed by atoms with van der Waals surface area (Å²) >= 11 is 6.21. The number of amides is 1. The predicted molar refractivity (Wildman–Crippen MR) is 120 cm³/mol. The van der Waals surface area contributed by atoms with Gasteiger partial charge in [-0.25, -0.2) is 4.98 Å². The van der Waals surface area contributed by atoms with Gasteiger partial charge < -0.3 is 15.2 Å². The van der Waals surface area contributed by atoms with E-state index in [2.05, 4.69) is 10.3 Å². The van der Waals surface area contributed by atoms with E-state index in [1.165, 1.54) is 20.1 Å². The van der Waals surface area contributed by atoms with Crippen LogP contribution in [0.25, 0.3) is 11.3 Å². The highest BCUT2D eigenvalue weighted by Crippen LogP contribution is 2.29. The number of rotatable bonds is 8. The van der Waals surface area contributed by atoms with Gasteiger partial charge in [-0.3, -0.25) is 14.4 Å². The van der Waals surface area contributed by atoms with Gasteiger partial charge in [0, 0.05) is 16.1 Å². The van der Waals surface area contributed by atoms with Crippen molar-refractivity contribution in [3.05, 3.63) is 82.5 Å². The maximum absolute atomic E-state index is 13.0. The number of hydrogen-bond donors (Lipinski definition) is 2. The Labute approximate surface area is 190 Å². The molecule has 0 unspecified atom stereocenters. The number of carboxylic acids is 1. The Morgan fingerprint density at radius 3 is 2.34 bits per heavy atom. The number of nitrogens with one attached hydrogen (secondary N) is 1. The second kappa shape index (κ2) is 10.1. The third-order valence-corrected chi connectivity index (χ3v) is 5.18. The van der Waals surface area contributed by atoms with Crippen molar-refractivity contribution >= 4 is 29.3 Å². The molecule has 0 aliphatic heterocycles. The lowest BCUT2D eigenvalue weighted by molar-refractivity contribution is -0.137. The summed E-state index contributed by atoms with van der Waals surface area (Å²) in [7, 11) is 1.49. The first-order valence-electron chi connectivity index (χ1n) is 9.73. The fraction of sp³-hybridized carbons (Fsp3) is 0.167. The maximum atomic E-state index is 13.0. The number of aliphatic carboxylic acids is 1. The molecule has 0 aliphatic rings. The van der Waals surface area contributed by atoms with Gasteiger partial charge in [-0.15, -0.1) is 0 Å². The van der Waals surface area contributed by atoms with E-state index in [0.29, 0.717) is 33.2 Å². The van der Waals surface area contributed by atoms with E-state index in [1.54, 1.807) is 54.6 Å². The average molecular weight is 453 g/mol. The van der Waals surface area contributed by atoms with Crippen LogP contribution in [0, 0.1) is 0 Å². The predicted octanol–water partition coefficient (Wildman–Crippen LogP) is 4.56. The van der Waals surface area contributed by atoms with E-state index in [1.807, 2.05) is 0 Å². The summed E-state index contributed by atoms with van der Waals surface area (Å²) in [5, 5.41) is 12.4. The van der Waals surface area contributed by atoms with Crippen molar-refractivity contribution in [3.63, 3.8) is 0 Å². The van der Waals surface area contributed by atoms with Crippen LogP contribution in [0.1, 0.15) is 45.8 Å². The Morgan fingerprint density at radius 2 is 1.75 bits per heavy atom. The molecule has 0 spiro atoms. The number of carboxylic acid groups (broad SMARTS) is 1. The number of aromatic nitrogens is 1. The van der Waals surface area contributed by atoms with Crippen LogP contribution in [0.5, 0.6) is 5.75 Å². The van der Waals surface area contributed by atoms with Gasteiger partial charge in [0.1, 0.15) is 17.1 Å². The number of hydrogen-bond acceptors (Lipinski definition) is 5.